The van der Waals surface area contributed by atoms with Crippen molar-refractivity contribution in [1.29, 1.82) is 0 Å². The summed E-state index contributed by atoms with van der Waals surface area (Å²) in [5.41, 5.74) is 5.18. The molecule has 0 aliphatic heterocycles. The van der Waals surface area contributed by atoms with Crippen LogP contribution in [0.5, 0.6) is 11.5 Å². The fourth-order valence-electron chi connectivity index (χ4n) is 2.19. The molecule has 0 saturated carbocycles. The third-order valence-electron chi connectivity index (χ3n) is 3.52. The predicted octanol–water partition coefficient (Wildman–Crippen LogP) is 3.28. The molecule has 0 bridgehead atoms. The summed E-state index contributed by atoms with van der Waals surface area (Å²) in [5.74, 6) is 0.666. The zero-order chi connectivity index (χ0) is 18.9. The first-order chi connectivity index (χ1) is 13.2. The predicted molar refractivity (Wildman–Crippen MR) is 103 cm³/mol. The minimum atomic E-state index is -0.404. The molecule has 2 amide bonds. The summed E-state index contributed by atoms with van der Waals surface area (Å²) in [6.45, 7) is 0.804. The lowest BCUT2D eigenvalue weighted by atomic mass is 10.2. The van der Waals surface area contributed by atoms with Crippen molar-refractivity contribution in [3.8, 4) is 11.5 Å². The number of hydrazine groups is 1. The largest absolute Gasteiger partial charge is 0.490 e. The number of benzene rings is 2. The average Bonchev–Trinajstić information content (AvgIpc) is 3.25. The van der Waals surface area contributed by atoms with Crippen LogP contribution in [0.2, 0.25) is 0 Å². The van der Waals surface area contributed by atoms with Gasteiger partial charge in [-0.2, -0.15) is 0 Å². The quantitative estimate of drug-likeness (QED) is 0.486. The summed E-state index contributed by atoms with van der Waals surface area (Å²) in [7, 11) is 0. The highest BCUT2D eigenvalue weighted by Gasteiger charge is 2.09. The molecule has 7 heteroatoms. The lowest BCUT2D eigenvalue weighted by Gasteiger charge is -2.09. The molecule has 6 nitrogen and oxygen atoms in total. The van der Waals surface area contributed by atoms with Crippen molar-refractivity contribution in [2.45, 2.75) is 0 Å². The van der Waals surface area contributed by atoms with E-state index in [0.717, 1.165) is 5.75 Å². The van der Waals surface area contributed by atoms with Crippen LogP contribution in [0.4, 0.5) is 0 Å². The van der Waals surface area contributed by atoms with Gasteiger partial charge in [-0.15, -0.1) is 11.3 Å². The summed E-state index contributed by atoms with van der Waals surface area (Å²) < 4.78 is 11.1. The second-order valence-corrected chi connectivity index (χ2v) is 6.37. The number of rotatable bonds is 7. The van der Waals surface area contributed by atoms with Gasteiger partial charge in [0.15, 0.2) is 0 Å². The van der Waals surface area contributed by atoms with Gasteiger partial charge >= 0.3 is 0 Å². The molecule has 0 atom stereocenters. The number of amides is 2. The molecule has 2 aromatic carbocycles. The Morgan fingerprint density at radius 2 is 1.37 bits per heavy atom. The van der Waals surface area contributed by atoms with E-state index in [0.29, 0.717) is 29.4 Å². The molecule has 2 N–H and O–H groups in total. The molecule has 3 aromatic rings. The first kappa shape index (κ1) is 18.5. The normalized spacial score (nSPS) is 10.1. The van der Waals surface area contributed by atoms with Gasteiger partial charge in [0.2, 0.25) is 0 Å². The Bertz CT molecular complexity index is 865. The highest BCUT2D eigenvalue weighted by molar-refractivity contribution is 7.12. The van der Waals surface area contributed by atoms with E-state index in [1.807, 2.05) is 30.3 Å². The van der Waals surface area contributed by atoms with Crippen LogP contribution >= 0.6 is 11.3 Å². The molecule has 138 valence electrons. The van der Waals surface area contributed by atoms with Crippen molar-refractivity contribution in [1.82, 2.24) is 10.9 Å². The minimum absolute atomic E-state index is 0.350. The standard InChI is InChI=1S/C20H18N2O4S/c23-19(21-22-20(24)18-7-4-14-27-18)15-8-10-17(11-9-15)26-13-12-25-16-5-2-1-3-6-16/h1-11,14H,12-13H2,(H,21,23)(H,22,24). The van der Waals surface area contributed by atoms with E-state index in [9.17, 15) is 9.59 Å². The van der Waals surface area contributed by atoms with Crippen molar-refractivity contribution >= 4 is 23.2 Å². The van der Waals surface area contributed by atoms with Crippen LogP contribution in [-0.4, -0.2) is 25.0 Å². The van der Waals surface area contributed by atoms with Crippen molar-refractivity contribution in [2.24, 2.45) is 0 Å². The van der Waals surface area contributed by atoms with E-state index in [-0.39, 0.29) is 5.91 Å². The fourth-order valence-corrected chi connectivity index (χ4v) is 2.81. The third kappa shape index (κ3) is 5.58. The van der Waals surface area contributed by atoms with Gasteiger partial charge in [-0.05, 0) is 47.8 Å². The monoisotopic (exact) mass is 382 g/mol. The molecule has 0 saturated heterocycles. The van der Waals surface area contributed by atoms with Crippen LogP contribution in [0, 0.1) is 0 Å². The fraction of sp³-hybridized carbons (Fsp3) is 0.100. The molecular weight excluding hydrogens is 364 g/mol. The summed E-state index contributed by atoms with van der Waals surface area (Å²) in [6, 6.07) is 19.6. The molecule has 0 unspecified atom stereocenters. The molecular formula is C20H18N2O4S. The summed E-state index contributed by atoms with van der Waals surface area (Å²) in [5, 5.41) is 1.79. The van der Waals surface area contributed by atoms with E-state index in [1.54, 1.807) is 41.8 Å². The van der Waals surface area contributed by atoms with Crippen LogP contribution < -0.4 is 20.3 Å². The SMILES string of the molecule is O=C(NNC(=O)c1cccs1)c1ccc(OCCOc2ccccc2)cc1. The van der Waals surface area contributed by atoms with Gasteiger partial charge in [0, 0.05) is 5.56 Å². The van der Waals surface area contributed by atoms with Gasteiger partial charge in [-0.1, -0.05) is 24.3 Å². The van der Waals surface area contributed by atoms with E-state index < -0.39 is 5.91 Å². The van der Waals surface area contributed by atoms with Gasteiger partial charge in [0.05, 0.1) is 4.88 Å². The number of nitrogens with one attached hydrogen (secondary N) is 2. The lowest BCUT2D eigenvalue weighted by molar-refractivity contribution is 0.0849. The Labute approximate surface area is 160 Å². The van der Waals surface area contributed by atoms with Gasteiger partial charge < -0.3 is 9.47 Å². The molecule has 0 aliphatic rings. The molecule has 27 heavy (non-hydrogen) atoms. The molecule has 0 spiro atoms. The molecule has 1 heterocycles. The maximum absolute atomic E-state index is 12.1. The Hall–Kier alpha value is -3.32. The second-order valence-electron chi connectivity index (χ2n) is 5.42. The van der Waals surface area contributed by atoms with Crippen molar-refractivity contribution in [3.63, 3.8) is 0 Å². The van der Waals surface area contributed by atoms with E-state index >= 15 is 0 Å². The van der Waals surface area contributed by atoms with Crippen LogP contribution in [0.25, 0.3) is 0 Å². The third-order valence-corrected chi connectivity index (χ3v) is 4.38. The molecule has 0 aliphatic carbocycles. The molecule has 0 fully saturated rings. The van der Waals surface area contributed by atoms with Gasteiger partial charge in [0.25, 0.3) is 11.8 Å². The number of para-hydroxylation sites is 1. The summed E-state index contributed by atoms with van der Waals surface area (Å²) in [6.07, 6.45) is 0. The highest BCUT2D eigenvalue weighted by atomic mass is 32.1. The summed E-state index contributed by atoms with van der Waals surface area (Å²) >= 11 is 1.30. The van der Waals surface area contributed by atoms with Crippen LogP contribution in [-0.2, 0) is 0 Å². The van der Waals surface area contributed by atoms with Crippen molar-refractivity contribution in [3.05, 3.63) is 82.6 Å². The van der Waals surface area contributed by atoms with Crippen LogP contribution in [0.15, 0.2) is 72.1 Å². The topological polar surface area (TPSA) is 76.7 Å². The number of carbonyl (C=O) groups is 2. The number of hydrogen-bond donors (Lipinski definition) is 2. The maximum Gasteiger partial charge on any atom is 0.279 e. The van der Waals surface area contributed by atoms with Gasteiger partial charge in [0.1, 0.15) is 24.7 Å². The van der Waals surface area contributed by atoms with E-state index in [1.165, 1.54) is 11.3 Å². The average molecular weight is 382 g/mol. The first-order valence-corrected chi connectivity index (χ1v) is 9.15. The Morgan fingerprint density at radius 1 is 0.741 bits per heavy atom. The minimum Gasteiger partial charge on any atom is -0.490 e. The number of carbonyl (C=O) groups excluding carboxylic acids is 2. The zero-order valence-electron chi connectivity index (χ0n) is 14.4. The molecule has 0 radical (unpaired) electrons. The van der Waals surface area contributed by atoms with E-state index in [4.69, 9.17) is 9.47 Å². The zero-order valence-corrected chi connectivity index (χ0v) is 15.2. The van der Waals surface area contributed by atoms with Crippen molar-refractivity contribution in [2.75, 3.05) is 13.2 Å². The molecule has 1 aromatic heterocycles. The Morgan fingerprint density at radius 3 is 2.00 bits per heavy atom. The number of thiophene rings is 1. The lowest BCUT2D eigenvalue weighted by Crippen LogP contribution is -2.41. The van der Waals surface area contributed by atoms with Gasteiger partial charge in [-0.3, -0.25) is 20.4 Å². The summed E-state index contributed by atoms with van der Waals surface area (Å²) in [4.78, 5) is 24.4. The second kappa shape index (κ2) is 9.40. The van der Waals surface area contributed by atoms with Gasteiger partial charge in [-0.25, -0.2) is 0 Å². The number of ether oxygens (including phenoxy) is 2. The smallest absolute Gasteiger partial charge is 0.279 e. The first-order valence-electron chi connectivity index (χ1n) is 8.27. The molecule has 3 rings (SSSR count). The Balaban J connectivity index is 1.41. The van der Waals surface area contributed by atoms with Crippen LogP contribution in [0.1, 0.15) is 20.0 Å². The Kier molecular flexibility index (Phi) is 6.43. The van der Waals surface area contributed by atoms with Crippen molar-refractivity contribution < 1.29 is 19.1 Å². The number of hydrogen-bond acceptors (Lipinski definition) is 5. The van der Waals surface area contributed by atoms with E-state index in [2.05, 4.69) is 10.9 Å². The highest BCUT2D eigenvalue weighted by Crippen LogP contribution is 2.13. The van der Waals surface area contributed by atoms with Crippen LogP contribution in [0.3, 0.4) is 0 Å². The maximum atomic E-state index is 12.1.